The summed E-state index contributed by atoms with van der Waals surface area (Å²) in [6.45, 7) is 2.92. The van der Waals surface area contributed by atoms with E-state index in [-0.39, 0.29) is 11.8 Å². The molecule has 0 aliphatic carbocycles. The minimum Gasteiger partial charge on any atom is -0.481 e. The van der Waals surface area contributed by atoms with Crippen LogP contribution in [-0.4, -0.2) is 40.0 Å². The van der Waals surface area contributed by atoms with E-state index >= 15 is 0 Å². The van der Waals surface area contributed by atoms with Gasteiger partial charge in [-0.3, -0.25) is 14.6 Å². The van der Waals surface area contributed by atoms with Gasteiger partial charge in [0.25, 0.3) is 5.91 Å². The Bertz CT molecular complexity index is 734. The number of carboxylic acid groups (broad SMARTS) is 1. The van der Waals surface area contributed by atoms with E-state index in [2.05, 4.69) is 4.98 Å². The summed E-state index contributed by atoms with van der Waals surface area (Å²) >= 11 is 0. The van der Waals surface area contributed by atoms with Crippen molar-refractivity contribution in [3.05, 3.63) is 41.7 Å². The predicted molar refractivity (Wildman–Crippen MR) is 82.7 cm³/mol. The fourth-order valence-corrected chi connectivity index (χ4v) is 2.98. The number of piperidine rings is 1. The molecule has 0 saturated carbocycles. The number of carboxylic acids is 1. The molecule has 1 aliphatic heterocycles. The van der Waals surface area contributed by atoms with Gasteiger partial charge in [0.15, 0.2) is 0 Å². The highest BCUT2D eigenvalue weighted by Crippen LogP contribution is 2.24. The second-order valence-electron chi connectivity index (χ2n) is 5.74. The Morgan fingerprint density at radius 3 is 2.45 bits per heavy atom. The third kappa shape index (κ3) is 2.54. The summed E-state index contributed by atoms with van der Waals surface area (Å²) in [4.78, 5) is 29.8. The van der Waals surface area contributed by atoms with E-state index in [1.165, 1.54) is 0 Å². The van der Waals surface area contributed by atoms with Crippen LogP contribution in [0.5, 0.6) is 0 Å². The van der Waals surface area contributed by atoms with Gasteiger partial charge in [0, 0.05) is 24.7 Å². The van der Waals surface area contributed by atoms with Crippen molar-refractivity contribution in [1.82, 2.24) is 9.88 Å². The van der Waals surface area contributed by atoms with E-state index in [9.17, 15) is 9.59 Å². The molecule has 0 spiro atoms. The Morgan fingerprint density at radius 1 is 1.18 bits per heavy atom. The first-order valence-corrected chi connectivity index (χ1v) is 7.44. The zero-order valence-electron chi connectivity index (χ0n) is 12.5. The van der Waals surface area contributed by atoms with Crippen LogP contribution >= 0.6 is 0 Å². The number of carbonyl (C=O) groups excluding carboxylic acids is 1. The van der Waals surface area contributed by atoms with E-state index in [0.717, 1.165) is 16.3 Å². The number of aliphatic carboxylic acids is 1. The zero-order chi connectivity index (χ0) is 15.7. The average Bonchev–Trinajstić information content (AvgIpc) is 2.55. The highest BCUT2D eigenvalue weighted by molar-refractivity contribution is 6.06. The number of hydrogen-bond acceptors (Lipinski definition) is 3. The maximum atomic E-state index is 12.7. The molecule has 0 bridgehead atoms. The van der Waals surface area contributed by atoms with Crippen molar-refractivity contribution in [1.29, 1.82) is 0 Å². The van der Waals surface area contributed by atoms with Crippen LogP contribution in [0.4, 0.5) is 0 Å². The summed E-state index contributed by atoms with van der Waals surface area (Å²) in [5.74, 6) is -1.22. The quantitative estimate of drug-likeness (QED) is 0.924. The molecule has 22 heavy (non-hydrogen) atoms. The number of amides is 1. The van der Waals surface area contributed by atoms with Crippen LogP contribution < -0.4 is 0 Å². The molecule has 2 aromatic rings. The van der Waals surface area contributed by atoms with Crippen molar-refractivity contribution in [2.45, 2.75) is 19.8 Å². The number of benzene rings is 1. The SMILES string of the molecule is Cc1cnc(C(=O)N2CCC(C(=O)O)CC2)c2ccccc12. The fraction of sp³-hybridized carbons (Fsp3) is 0.353. The number of aromatic nitrogens is 1. The van der Waals surface area contributed by atoms with Gasteiger partial charge in [-0.1, -0.05) is 24.3 Å². The lowest BCUT2D eigenvalue weighted by Gasteiger charge is -2.30. The highest BCUT2D eigenvalue weighted by Gasteiger charge is 2.28. The molecular weight excluding hydrogens is 280 g/mol. The lowest BCUT2D eigenvalue weighted by Crippen LogP contribution is -2.40. The standard InChI is InChI=1S/C17H18N2O3/c1-11-10-18-15(14-5-3-2-4-13(11)14)16(20)19-8-6-12(7-9-19)17(21)22/h2-5,10,12H,6-9H2,1H3,(H,21,22). The van der Waals surface area contributed by atoms with Crippen molar-refractivity contribution in [3.63, 3.8) is 0 Å². The van der Waals surface area contributed by atoms with Crippen LogP contribution in [-0.2, 0) is 4.79 Å². The second kappa shape index (κ2) is 5.75. The van der Waals surface area contributed by atoms with Crippen LogP contribution in [0.2, 0.25) is 0 Å². The minimum atomic E-state index is -0.772. The molecule has 1 amide bonds. The van der Waals surface area contributed by atoms with E-state index in [4.69, 9.17) is 5.11 Å². The van der Waals surface area contributed by atoms with Gasteiger partial charge >= 0.3 is 5.97 Å². The Hall–Kier alpha value is -2.43. The molecule has 1 aromatic heterocycles. The van der Waals surface area contributed by atoms with Gasteiger partial charge in [0.1, 0.15) is 5.69 Å². The molecule has 1 saturated heterocycles. The summed E-state index contributed by atoms with van der Waals surface area (Å²) in [5.41, 5.74) is 1.49. The van der Waals surface area contributed by atoms with Crippen LogP contribution in [0.3, 0.4) is 0 Å². The summed E-state index contributed by atoms with van der Waals surface area (Å²) < 4.78 is 0. The molecular formula is C17H18N2O3. The summed E-state index contributed by atoms with van der Waals surface area (Å²) in [5, 5.41) is 10.9. The van der Waals surface area contributed by atoms with Gasteiger partial charge in [0.05, 0.1) is 5.92 Å². The third-order valence-corrected chi connectivity index (χ3v) is 4.33. The summed E-state index contributed by atoms with van der Waals surface area (Å²) in [7, 11) is 0. The molecule has 5 nitrogen and oxygen atoms in total. The van der Waals surface area contributed by atoms with Crippen LogP contribution in [0.15, 0.2) is 30.5 Å². The smallest absolute Gasteiger partial charge is 0.306 e. The van der Waals surface area contributed by atoms with Gasteiger partial charge in [-0.2, -0.15) is 0 Å². The summed E-state index contributed by atoms with van der Waals surface area (Å²) in [6, 6.07) is 7.74. The molecule has 1 aliphatic rings. The Kier molecular flexibility index (Phi) is 3.79. The highest BCUT2D eigenvalue weighted by atomic mass is 16.4. The Labute approximate surface area is 128 Å². The Morgan fingerprint density at radius 2 is 1.82 bits per heavy atom. The average molecular weight is 298 g/mol. The van der Waals surface area contributed by atoms with Gasteiger partial charge in [0.2, 0.25) is 0 Å². The molecule has 1 fully saturated rings. The van der Waals surface area contributed by atoms with Crippen molar-refractivity contribution < 1.29 is 14.7 Å². The van der Waals surface area contributed by atoms with E-state index in [1.54, 1.807) is 11.1 Å². The van der Waals surface area contributed by atoms with Crippen molar-refractivity contribution in [3.8, 4) is 0 Å². The second-order valence-corrected chi connectivity index (χ2v) is 5.74. The van der Waals surface area contributed by atoms with Crippen LogP contribution in [0.1, 0.15) is 28.9 Å². The number of fused-ring (bicyclic) bond motifs is 1. The lowest BCUT2D eigenvalue weighted by molar-refractivity contribution is -0.143. The van der Waals surface area contributed by atoms with E-state index < -0.39 is 5.97 Å². The van der Waals surface area contributed by atoms with Gasteiger partial charge in [-0.05, 0) is 30.7 Å². The molecule has 114 valence electrons. The van der Waals surface area contributed by atoms with E-state index in [1.807, 2.05) is 31.2 Å². The summed E-state index contributed by atoms with van der Waals surface area (Å²) in [6.07, 6.45) is 2.73. The fourth-order valence-electron chi connectivity index (χ4n) is 2.98. The van der Waals surface area contributed by atoms with Crippen LogP contribution in [0, 0.1) is 12.8 Å². The first-order valence-electron chi connectivity index (χ1n) is 7.44. The first kappa shape index (κ1) is 14.5. The normalized spacial score (nSPS) is 16.0. The van der Waals surface area contributed by atoms with Gasteiger partial charge in [-0.25, -0.2) is 0 Å². The van der Waals surface area contributed by atoms with Crippen molar-refractivity contribution in [2.24, 2.45) is 5.92 Å². The Balaban J connectivity index is 1.88. The van der Waals surface area contributed by atoms with Crippen molar-refractivity contribution >= 4 is 22.6 Å². The number of carbonyl (C=O) groups is 2. The molecule has 3 rings (SSSR count). The van der Waals surface area contributed by atoms with Gasteiger partial charge < -0.3 is 10.0 Å². The molecule has 0 unspecified atom stereocenters. The largest absolute Gasteiger partial charge is 0.481 e. The number of aryl methyl sites for hydroxylation is 1. The monoisotopic (exact) mass is 298 g/mol. The number of rotatable bonds is 2. The molecule has 0 radical (unpaired) electrons. The topological polar surface area (TPSA) is 70.5 Å². The van der Waals surface area contributed by atoms with E-state index in [0.29, 0.717) is 31.6 Å². The third-order valence-electron chi connectivity index (χ3n) is 4.33. The van der Waals surface area contributed by atoms with Crippen molar-refractivity contribution in [2.75, 3.05) is 13.1 Å². The van der Waals surface area contributed by atoms with Crippen LogP contribution in [0.25, 0.3) is 10.8 Å². The molecule has 2 heterocycles. The number of likely N-dealkylation sites (tertiary alicyclic amines) is 1. The maximum absolute atomic E-state index is 12.7. The number of pyridine rings is 1. The maximum Gasteiger partial charge on any atom is 0.306 e. The lowest BCUT2D eigenvalue weighted by atomic mass is 9.96. The molecule has 0 atom stereocenters. The van der Waals surface area contributed by atoms with Gasteiger partial charge in [-0.15, -0.1) is 0 Å². The minimum absolute atomic E-state index is 0.111. The number of hydrogen-bond donors (Lipinski definition) is 1. The first-order chi connectivity index (χ1) is 10.6. The molecule has 1 aromatic carbocycles. The number of nitrogens with zero attached hydrogens (tertiary/aromatic N) is 2. The molecule has 5 heteroatoms. The zero-order valence-corrected chi connectivity index (χ0v) is 12.5. The molecule has 1 N–H and O–H groups in total. The predicted octanol–water partition coefficient (Wildman–Crippen LogP) is 2.48.